The number of likely N-dealkylation sites (N-methyl/N-ethyl adjacent to an activating group) is 1. The van der Waals surface area contributed by atoms with Gasteiger partial charge >= 0.3 is 0 Å². The number of imide groups is 1. The van der Waals surface area contributed by atoms with Crippen molar-refractivity contribution in [3.8, 4) is 0 Å². The standard InChI is InChI=1S/C25H21ClN2O2/c1-17-8-12-19(13-9-17)22-23(27(2)21-6-4-3-5-7-21)25(30)28(24(22)29)16-18-10-14-20(26)15-11-18/h3-15H,16H2,1-2H3. The van der Waals surface area contributed by atoms with Crippen LogP contribution in [0, 0.1) is 6.92 Å². The molecule has 3 aromatic carbocycles. The Labute approximate surface area is 181 Å². The summed E-state index contributed by atoms with van der Waals surface area (Å²) in [5.74, 6) is -0.603. The minimum atomic E-state index is -0.308. The van der Waals surface area contributed by atoms with E-state index in [1.165, 1.54) is 4.90 Å². The Bertz CT molecular complexity index is 1120. The van der Waals surface area contributed by atoms with Crippen LogP contribution in [0.2, 0.25) is 5.02 Å². The quantitative estimate of drug-likeness (QED) is 0.545. The van der Waals surface area contributed by atoms with Gasteiger partial charge in [0.05, 0.1) is 12.1 Å². The van der Waals surface area contributed by atoms with Gasteiger partial charge in [-0.2, -0.15) is 0 Å². The summed E-state index contributed by atoms with van der Waals surface area (Å²) in [4.78, 5) is 29.9. The number of benzene rings is 3. The summed E-state index contributed by atoms with van der Waals surface area (Å²) in [5, 5.41) is 0.612. The largest absolute Gasteiger partial charge is 0.339 e. The summed E-state index contributed by atoms with van der Waals surface area (Å²) < 4.78 is 0. The van der Waals surface area contributed by atoms with E-state index in [1.54, 1.807) is 17.0 Å². The molecular weight excluding hydrogens is 396 g/mol. The molecule has 30 heavy (non-hydrogen) atoms. The topological polar surface area (TPSA) is 40.6 Å². The number of rotatable bonds is 5. The van der Waals surface area contributed by atoms with Crippen molar-refractivity contribution in [1.29, 1.82) is 0 Å². The molecule has 0 bridgehead atoms. The van der Waals surface area contributed by atoms with Crippen LogP contribution in [0.15, 0.2) is 84.6 Å². The Balaban J connectivity index is 1.78. The van der Waals surface area contributed by atoms with Crippen LogP contribution in [0.3, 0.4) is 0 Å². The number of nitrogens with zero attached hydrogens (tertiary/aromatic N) is 2. The molecule has 4 rings (SSSR count). The zero-order chi connectivity index (χ0) is 21.3. The first-order valence-electron chi connectivity index (χ1n) is 9.66. The van der Waals surface area contributed by atoms with Gasteiger partial charge < -0.3 is 4.90 Å². The number of carbonyl (C=O) groups excluding carboxylic acids is 2. The van der Waals surface area contributed by atoms with Gasteiger partial charge in [-0.1, -0.05) is 71.8 Å². The lowest BCUT2D eigenvalue weighted by Gasteiger charge is -2.21. The molecular formula is C25H21ClN2O2. The highest BCUT2D eigenvalue weighted by Gasteiger charge is 2.41. The summed E-state index contributed by atoms with van der Waals surface area (Å²) in [5.41, 5.74) is 4.30. The van der Waals surface area contributed by atoms with Gasteiger partial charge in [-0.15, -0.1) is 0 Å². The van der Waals surface area contributed by atoms with Gasteiger partial charge in [0.25, 0.3) is 11.8 Å². The highest BCUT2D eigenvalue weighted by molar-refractivity contribution is 6.36. The molecule has 0 aromatic heterocycles. The van der Waals surface area contributed by atoms with Crippen LogP contribution < -0.4 is 4.90 Å². The van der Waals surface area contributed by atoms with Crippen molar-refractivity contribution in [3.63, 3.8) is 0 Å². The first-order valence-corrected chi connectivity index (χ1v) is 10.0. The SMILES string of the molecule is Cc1ccc(C2=C(N(C)c3ccccc3)C(=O)N(Cc3ccc(Cl)cc3)C2=O)cc1. The van der Waals surface area contributed by atoms with Gasteiger partial charge in [0.1, 0.15) is 5.70 Å². The smallest absolute Gasteiger partial charge is 0.278 e. The lowest BCUT2D eigenvalue weighted by Crippen LogP contribution is -2.33. The lowest BCUT2D eigenvalue weighted by atomic mass is 10.0. The van der Waals surface area contributed by atoms with Gasteiger partial charge in [-0.3, -0.25) is 14.5 Å². The molecule has 0 atom stereocenters. The Kier molecular flexibility index (Phi) is 5.42. The fourth-order valence-corrected chi connectivity index (χ4v) is 3.68. The van der Waals surface area contributed by atoms with Crippen molar-refractivity contribution in [2.24, 2.45) is 0 Å². The third kappa shape index (κ3) is 3.74. The van der Waals surface area contributed by atoms with E-state index in [4.69, 9.17) is 11.6 Å². The summed E-state index contributed by atoms with van der Waals surface area (Å²) in [7, 11) is 1.82. The third-order valence-electron chi connectivity index (χ3n) is 5.22. The number of para-hydroxylation sites is 1. The van der Waals surface area contributed by atoms with Gasteiger partial charge in [0.2, 0.25) is 0 Å². The van der Waals surface area contributed by atoms with E-state index < -0.39 is 0 Å². The van der Waals surface area contributed by atoms with Crippen LogP contribution in [0.4, 0.5) is 5.69 Å². The molecule has 3 aromatic rings. The predicted molar refractivity (Wildman–Crippen MR) is 120 cm³/mol. The van der Waals surface area contributed by atoms with Gasteiger partial charge in [-0.05, 0) is 42.3 Å². The normalized spacial score (nSPS) is 13.9. The number of carbonyl (C=O) groups is 2. The van der Waals surface area contributed by atoms with Crippen LogP contribution in [0.1, 0.15) is 16.7 Å². The fourth-order valence-electron chi connectivity index (χ4n) is 3.55. The van der Waals surface area contributed by atoms with Crippen molar-refractivity contribution in [3.05, 3.63) is 106 Å². The molecule has 0 aliphatic carbocycles. The van der Waals surface area contributed by atoms with E-state index in [0.717, 1.165) is 22.4 Å². The van der Waals surface area contributed by atoms with E-state index in [1.807, 2.05) is 80.7 Å². The Hall–Kier alpha value is -3.37. The molecule has 0 radical (unpaired) electrons. The van der Waals surface area contributed by atoms with Crippen LogP contribution >= 0.6 is 11.6 Å². The monoisotopic (exact) mass is 416 g/mol. The summed E-state index contributed by atoms with van der Waals surface area (Å²) in [6, 6.07) is 24.4. The molecule has 0 saturated heterocycles. The second-order valence-corrected chi connectivity index (χ2v) is 7.74. The Morgan fingerprint density at radius 2 is 1.47 bits per heavy atom. The van der Waals surface area contributed by atoms with Crippen molar-refractivity contribution in [2.75, 3.05) is 11.9 Å². The van der Waals surface area contributed by atoms with Gasteiger partial charge in [0.15, 0.2) is 0 Å². The zero-order valence-electron chi connectivity index (χ0n) is 16.8. The molecule has 2 amide bonds. The van der Waals surface area contributed by atoms with E-state index in [-0.39, 0.29) is 18.4 Å². The van der Waals surface area contributed by atoms with Crippen LogP contribution in [0.5, 0.6) is 0 Å². The summed E-state index contributed by atoms with van der Waals surface area (Å²) in [6.07, 6.45) is 0. The molecule has 0 fully saturated rings. The second-order valence-electron chi connectivity index (χ2n) is 7.31. The number of aryl methyl sites for hydroxylation is 1. The Morgan fingerprint density at radius 3 is 2.10 bits per heavy atom. The maximum atomic E-state index is 13.4. The van der Waals surface area contributed by atoms with Crippen LogP contribution in [-0.2, 0) is 16.1 Å². The first kappa shape index (κ1) is 19.9. The third-order valence-corrected chi connectivity index (χ3v) is 5.47. The maximum Gasteiger partial charge on any atom is 0.278 e. The summed E-state index contributed by atoms with van der Waals surface area (Å²) >= 11 is 5.97. The van der Waals surface area contributed by atoms with Crippen molar-refractivity contribution < 1.29 is 9.59 Å². The highest BCUT2D eigenvalue weighted by atomic mass is 35.5. The highest BCUT2D eigenvalue weighted by Crippen LogP contribution is 2.34. The first-order chi connectivity index (χ1) is 14.5. The average molecular weight is 417 g/mol. The molecule has 4 nitrogen and oxygen atoms in total. The maximum absolute atomic E-state index is 13.4. The van der Waals surface area contributed by atoms with E-state index in [9.17, 15) is 9.59 Å². The molecule has 1 aliphatic rings. The Morgan fingerprint density at radius 1 is 0.833 bits per heavy atom. The number of anilines is 1. The molecule has 0 unspecified atom stereocenters. The molecule has 0 N–H and O–H groups in total. The molecule has 0 saturated carbocycles. The van der Waals surface area contributed by atoms with Crippen LogP contribution in [0.25, 0.3) is 5.57 Å². The number of halogens is 1. The summed E-state index contributed by atoms with van der Waals surface area (Å²) in [6.45, 7) is 2.18. The number of hydrogen-bond donors (Lipinski definition) is 0. The predicted octanol–water partition coefficient (Wildman–Crippen LogP) is 5.06. The lowest BCUT2D eigenvalue weighted by molar-refractivity contribution is -0.137. The number of amides is 2. The average Bonchev–Trinajstić information content (AvgIpc) is 3.00. The molecule has 1 heterocycles. The second kappa shape index (κ2) is 8.17. The number of hydrogen-bond acceptors (Lipinski definition) is 3. The van der Waals surface area contributed by atoms with Crippen molar-refractivity contribution >= 4 is 34.7 Å². The van der Waals surface area contributed by atoms with E-state index >= 15 is 0 Å². The molecule has 5 heteroatoms. The van der Waals surface area contributed by atoms with Gasteiger partial charge in [-0.25, -0.2) is 0 Å². The fraction of sp³-hybridized carbons (Fsp3) is 0.120. The molecule has 1 aliphatic heterocycles. The minimum Gasteiger partial charge on any atom is -0.339 e. The minimum absolute atomic E-state index is 0.191. The van der Waals surface area contributed by atoms with Crippen LogP contribution in [-0.4, -0.2) is 23.8 Å². The van der Waals surface area contributed by atoms with E-state index in [2.05, 4.69) is 0 Å². The van der Waals surface area contributed by atoms with Gasteiger partial charge in [0, 0.05) is 17.8 Å². The molecule has 0 spiro atoms. The van der Waals surface area contributed by atoms with E-state index in [0.29, 0.717) is 16.3 Å². The zero-order valence-corrected chi connectivity index (χ0v) is 17.6. The van der Waals surface area contributed by atoms with Crippen molar-refractivity contribution in [2.45, 2.75) is 13.5 Å². The van der Waals surface area contributed by atoms with Crippen molar-refractivity contribution in [1.82, 2.24) is 4.90 Å². The molecule has 150 valence electrons.